The maximum Gasteiger partial charge on any atom is 0.309 e. The van der Waals surface area contributed by atoms with Gasteiger partial charge in [-0.2, -0.15) is 0 Å². The molecule has 5 rings (SSSR count). The van der Waals surface area contributed by atoms with E-state index in [0.29, 0.717) is 23.7 Å². The molecule has 5 fully saturated rings. The van der Waals surface area contributed by atoms with Crippen LogP contribution in [0.15, 0.2) is 17.3 Å². The summed E-state index contributed by atoms with van der Waals surface area (Å²) in [7, 11) is 0. The summed E-state index contributed by atoms with van der Waals surface area (Å²) in [4.78, 5) is 12.8. The number of hydrogen-bond acceptors (Lipinski definition) is 3. The Bertz CT molecular complexity index is 937. The molecule has 0 saturated heterocycles. The third-order valence-corrected chi connectivity index (χ3v) is 13.4. The van der Waals surface area contributed by atoms with Crippen LogP contribution in [0, 0.1) is 56.7 Å². The predicted octanol–water partition coefficient (Wildman–Crippen LogP) is 7.56. The Morgan fingerprint density at radius 2 is 1.62 bits per heavy atom. The first kappa shape index (κ1) is 24.4. The molecular weight excluding hydrogens is 422 g/mol. The number of aliphatic carboxylic acids is 1. The van der Waals surface area contributed by atoms with Gasteiger partial charge in [0.25, 0.3) is 0 Å². The summed E-state index contributed by atoms with van der Waals surface area (Å²) >= 11 is 0. The van der Waals surface area contributed by atoms with Crippen LogP contribution in [-0.4, -0.2) is 22.0 Å². The van der Waals surface area contributed by atoms with Gasteiger partial charge >= 0.3 is 5.97 Å². The second-order valence-electron chi connectivity index (χ2n) is 14.4. The monoisotopic (exact) mass is 469 g/mol. The Morgan fingerprint density at radius 1 is 0.912 bits per heavy atom. The summed E-state index contributed by atoms with van der Waals surface area (Å²) in [6.07, 6.45) is 10.5. The predicted molar refractivity (Wildman–Crippen MR) is 136 cm³/mol. The van der Waals surface area contributed by atoms with Gasteiger partial charge in [-0.25, -0.2) is 0 Å². The maximum absolute atomic E-state index is 12.8. The van der Waals surface area contributed by atoms with Crippen molar-refractivity contribution in [1.82, 2.24) is 0 Å². The Morgan fingerprint density at radius 3 is 2.24 bits per heavy atom. The molecule has 0 aromatic carbocycles. The molecular formula is C30H47NO3. The largest absolute Gasteiger partial charge is 0.481 e. The second-order valence-corrected chi connectivity index (χ2v) is 14.4. The van der Waals surface area contributed by atoms with E-state index in [9.17, 15) is 15.1 Å². The van der Waals surface area contributed by atoms with Crippen molar-refractivity contribution in [3.05, 3.63) is 12.2 Å². The first-order valence-electron chi connectivity index (χ1n) is 13.9. The standard InChI is InChI=1S/C30H47NO3/c1-18(2)19-10-15-30(25(32)33)17-16-28(6)20(24(19)30)8-9-22-27(5)13-12-23(31-34)26(3,4)21(27)11-14-29(22,28)7/h19-22,24,34H,1,8-17H2,2-7H3,(H,32,33)/t19-,20?,21?,22?,24?,27-,28+,29+,30?/m0/s1. The Balaban J connectivity index is 1.56. The molecule has 5 aliphatic rings. The first-order valence-corrected chi connectivity index (χ1v) is 13.9. The minimum absolute atomic E-state index is 0.0671. The lowest BCUT2D eigenvalue weighted by molar-refractivity contribution is -0.230. The molecule has 0 heterocycles. The van der Waals surface area contributed by atoms with Crippen LogP contribution in [0.5, 0.6) is 0 Å². The van der Waals surface area contributed by atoms with Crippen LogP contribution < -0.4 is 0 Å². The second kappa shape index (κ2) is 7.35. The van der Waals surface area contributed by atoms with Crippen LogP contribution in [0.1, 0.15) is 106 Å². The molecule has 190 valence electrons. The highest BCUT2D eigenvalue weighted by Crippen LogP contribution is 2.77. The zero-order chi connectivity index (χ0) is 24.9. The van der Waals surface area contributed by atoms with E-state index in [0.717, 1.165) is 50.7 Å². The average molecular weight is 470 g/mol. The average Bonchev–Trinajstić information content (AvgIpc) is 3.15. The van der Waals surface area contributed by atoms with E-state index < -0.39 is 11.4 Å². The Hall–Kier alpha value is -1.32. The van der Waals surface area contributed by atoms with Crippen molar-refractivity contribution in [3.63, 3.8) is 0 Å². The van der Waals surface area contributed by atoms with Gasteiger partial charge in [-0.3, -0.25) is 4.79 Å². The summed E-state index contributed by atoms with van der Waals surface area (Å²) in [5.74, 6) is 1.69. The highest BCUT2D eigenvalue weighted by Gasteiger charge is 2.71. The van der Waals surface area contributed by atoms with Crippen LogP contribution >= 0.6 is 0 Å². The highest BCUT2D eigenvalue weighted by atomic mass is 16.4. The van der Waals surface area contributed by atoms with Gasteiger partial charge in [0.2, 0.25) is 0 Å². The molecule has 0 aromatic heterocycles. The van der Waals surface area contributed by atoms with E-state index >= 15 is 0 Å². The Labute approximate surface area is 206 Å². The minimum Gasteiger partial charge on any atom is -0.481 e. The van der Waals surface area contributed by atoms with E-state index in [1.54, 1.807) is 0 Å². The van der Waals surface area contributed by atoms with Gasteiger partial charge in [0.15, 0.2) is 0 Å². The van der Waals surface area contributed by atoms with Gasteiger partial charge in [0.05, 0.1) is 11.1 Å². The van der Waals surface area contributed by atoms with Crippen LogP contribution in [0.2, 0.25) is 0 Å². The number of carbonyl (C=O) groups is 1. The number of oxime groups is 1. The molecule has 2 N–H and O–H groups in total. The molecule has 0 aliphatic heterocycles. The normalized spacial score (nSPS) is 52.8. The lowest BCUT2D eigenvalue weighted by Gasteiger charge is -2.72. The van der Waals surface area contributed by atoms with Crippen molar-refractivity contribution < 1.29 is 15.1 Å². The fourth-order valence-corrected chi connectivity index (χ4v) is 11.5. The van der Waals surface area contributed by atoms with Gasteiger partial charge in [0, 0.05) is 5.41 Å². The number of hydrogen-bond donors (Lipinski definition) is 2. The number of rotatable bonds is 2. The minimum atomic E-state index is -0.545. The zero-order valence-electron chi connectivity index (χ0n) is 22.4. The van der Waals surface area contributed by atoms with E-state index in [1.807, 2.05) is 0 Å². The number of fused-ring (bicyclic) bond motifs is 7. The molecule has 4 heteroatoms. The highest BCUT2D eigenvalue weighted by molar-refractivity contribution is 5.90. The number of carboxylic acid groups (broad SMARTS) is 1. The molecule has 4 nitrogen and oxygen atoms in total. The lowest BCUT2D eigenvalue weighted by atomic mass is 9.32. The fourth-order valence-electron chi connectivity index (χ4n) is 11.5. The summed E-state index contributed by atoms with van der Waals surface area (Å²) in [6.45, 7) is 18.8. The summed E-state index contributed by atoms with van der Waals surface area (Å²) in [5, 5.41) is 24.0. The van der Waals surface area contributed by atoms with Gasteiger partial charge in [-0.05, 0) is 117 Å². The SMILES string of the molecule is C=C(C)[C@@H]1CCC2(C(=O)O)CC[C@]3(C)C(CCC4[C@@]5(C)CCC(=NO)C(C)(C)C5CC[C@]43C)C12. The number of nitrogens with zero attached hydrogens (tertiary/aromatic N) is 1. The summed E-state index contributed by atoms with van der Waals surface area (Å²) < 4.78 is 0. The smallest absolute Gasteiger partial charge is 0.309 e. The van der Waals surface area contributed by atoms with Gasteiger partial charge in [-0.1, -0.05) is 51.9 Å². The molecule has 5 unspecified atom stereocenters. The van der Waals surface area contributed by atoms with Crippen LogP contribution in [0.25, 0.3) is 0 Å². The molecule has 0 aromatic rings. The summed E-state index contributed by atoms with van der Waals surface area (Å²) in [6, 6.07) is 0. The molecule has 9 atom stereocenters. The number of carboxylic acids is 1. The van der Waals surface area contributed by atoms with Crippen molar-refractivity contribution in [2.24, 2.45) is 61.8 Å². The van der Waals surface area contributed by atoms with Gasteiger partial charge in [-0.15, -0.1) is 0 Å². The van der Waals surface area contributed by atoms with Crippen molar-refractivity contribution in [2.45, 2.75) is 106 Å². The molecule has 5 aliphatic carbocycles. The Kier molecular flexibility index (Phi) is 5.27. The quantitative estimate of drug-likeness (QED) is 0.249. The molecule has 34 heavy (non-hydrogen) atoms. The van der Waals surface area contributed by atoms with E-state index in [2.05, 4.69) is 53.3 Å². The van der Waals surface area contributed by atoms with Gasteiger partial charge in [0.1, 0.15) is 0 Å². The van der Waals surface area contributed by atoms with Crippen LogP contribution in [0.4, 0.5) is 0 Å². The van der Waals surface area contributed by atoms with Crippen molar-refractivity contribution in [1.29, 1.82) is 0 Å². The van der Waals surface area contributed by atoms with E-state index in [4.69, 9.17) is 0 Å². The van der Waals surface area contributed by atoms with Gasteiger partial charge < -0.3 is 10.3 Å². The van der Waals surface area contributed by atoms with E-state index in [1.165, 1.54) is 24.8 Å². The van der Waals surface area contributed by atoms with Crippen LogP contribution in [-0.2, 0) is 4.79 Å². The first-order chi connectivity index (χ1) is 15.8. The zero-order valence-corrected chi connectivity index (χ0v) is 22.4. The van der Waals surface area contributed by atoms with Crippen molar-refractivity contribution in [3.8, 4) is 0 Å². The topological polar surface area (TPSA) is 69.9 Å². The molecule has 0 radical (unpaired) electrons. The van der Waals surface area contributed by atoms with Crippen molar-refractivity contribution in [2.75, 3.05) is 0 Å². The maximum atomic E-state index is 12.8. The molecule has 0 spiro atoms. The number of allylic oxidation sites excluding steroid dienone is 1. The third kappa shape index (κ3) is 2.72. The fraction of sp³-hybridized carbons (Fsp3) is 0.867. The lowest BCUT2D eigenvalue weighted by Crippen LogP contribution is -2.66. The molecule has 0 amide bonds. The summed E-state index contributed by atoms with van der Waals surface area (Å²) in [5.41, 5.74) is 2.20. The molecule has 5 saturated carbocycles. The van der Waals surface area contributed by atoms with E-state index in [-0.39, 0.29) is 27.6 Å². The van der Waals surface area contributed by atoms with Crippen molar-refractivity contribution >= 4 is 11.7 Å². The van der Waals surface area contributed by atoms with Crippen LogP contribution in [0.3, 0.4) is 0 Å². The third-order valence-electron chi connectivity index (χ3n) is 13.4. The molecule has 0 bridgehead atoms.